The van der Waals surface area contributed by atoms with Gasteiger partial charge in [-0.05, 0) is 0 Å². The second-order valence-electron chi connectivity index (χ2n) is 1.43. The van der Waals surface area contributed by atoms with Crippen molar-refractivity contribution in [2.75, 3.05) is 26.3 Å². The molecule has 0 amide bonds. The van der Waals surface area contributed by atoms with E-state index in [1.54, 1.807) is 0 Å². The molecule has 0 bridgehead atoms. The molecule has 0 aliphatic carbocycles. The first kappa shape index (κ1) is 36.0. The first-order valence-corrected chi connectivity index (χ1v) is 4.45. The largest absolute Gasteiger partial charge is 2.00 e. The van der Waals surface area contributed by atoms with Gasteiger partial charge < -0.3 is 41.7 Å². The average Bonchev–Trinajstić information content (AvgIpc) is 2.01. The van der Waals surface area contributed by atoms with Crippen molar-refractivity contribution < 1.29 is 38.7 Å². The Bertz CT molecular complexity index is 149. The molecule has 100 valence electrons. The van der Waals surface area contributed by atoms with Crippen LogP contribution in [-0.4, -0.2) is 103 Å². The van der Waals surface area contributed by atoms with E-state index in [1.807, 2.05) is 0 Å². The van der Waals surface area contributed by atoms with Crippen molar-refractivity contribution >= 4 is 48.1 Å². The zero-order valence-corrected chi connectivity index (χ0v) is 11.7. The Morgan fingerprint density at radius 1 is 0.938 bits per heavy atom. The minimum absolute atomic E-state index is 0. The molecular weight excluding hydrogens is 276 g/mol. The molecule has 16 heavy (non-hydrogen) atoms. The Morgan fingerprint density at radius 3 is 1.00 bits per heavy atom. The average molecular weight is 294 g/mol. The summed E-state index contributed by atoms with van der Waals surface area (Å²) in [5.41, 5.74) is 9.56. The van der Waals surface area contributed by atoms with Crippen LogP contribution in [0.2, 0.25) is 0 Å². The van der Waals surface area contributed by atoms with E-state index >= 15 is 0 Å². The number of aliphatic hydroxyl groups is 2. The molecule has 0 fully saturated rings. The van der Waals surface area contributed by atoms with Crippen LogP contribution in [0, 0.1) is 0 Å². The van der Waals surface area contributed by atoms with Crippen LogP contribution >= 0.6 is 0 Å². The summed E-state index contributed by atoms with van der Waals surface area (Å²) in [6.45, 7) is 0.944. The number of aliphatic hydroxyl groups excluding tert-OH is 2. The van der Waals surface area contributed by atoms with Crippen LogP contribution < -0.4 is 11.5 Å². The Balaban J connectivity index is -0.0000000216. The summed E-state index contributed by atoms with van der Waals surface area (Å²) < 4.78 is 34.1. The van der Waals surface area contributed by atoms with Gasteiger partial charge in [-0.1, -0.05) is 0 Å². The molecule has 12 heteroatoms. The normalized spacial score (nSPS) is 7.38. The second-order valence-corrected chi connectivity index (χ2v) is 2.25. The predicted molar refractivity (Wildman–Crippen MR) is 55.7 cm³/mol. The molecule has 0 saturated heterocycles. The summed E-state index contributed by atoms with van der Waals surface area (Å²) in [5.74, 6) is 0. The number of nitrogens with two attached hydrogens (primary N) is 2. The van der Waals surface area contributed by atoms with Gasteiger partial charge in [0.2, 0.25) is 0 Å². The standard InChI is InChI=1S/2C2H7NO.Ca.H2O4S.2H2O/c2*3-1-2-4;;1-5(2,3)4;;/h2*4H,1-3H2;;(H2,1,2,3,4);2*1H2/q;;+2;;;/p-2. The van der Waals surface area contributed by atoms with Gasteiger partial charge in [-0.25, -0.2) is 0 Å². The van der Waals surface area contributed by atoms with E-state index in [2.05, 4.69) is 0 Å². The van der Waals surface area contributed by atoms with Crippen LogP contribution in [0.25, 0.3) is 0 Å². The van der Waals surface area contributed by atoms with Crippen LogP contribution in [0.3, 0.4) is 0 Å². The van der Waals surface area contributed by atoms with Crippen molar-refractivity contribution in [1.29, 1.82) is 0 Å². The van der Waals surface area contributed by atoms with Gasteiger partial charge in [0.25, 0.3) is 0 Å². The van der Waals surface area contributed by atoms with Gasteiger partial charge >= 0.3 is 37.7 Å². The second kappa shape index (κ2) is 29.7. The summed E-state index contributed by atoms with van der Waals surface area (Å²) in [5, 5.41) is 15.5. The molecule has 0 saturated carbocycles. The number of rotatable bonds is 2. The SMILES string of the molecule is NCCO.NCCO.O.O.O=S(=O)([O-])[O-].[Ca+2]. The van der Waals surface area contributed by atoms with Crippen LogP contribution in [0.15, 0.2) is 0 Å². The van der Waals surface area contributed by atoms with Gasteiger partial charge in [0, 0.05) is 23.5 Å². The zero-order valence-electron chi connectivity index (χ0n) is 8.63. The maximum atomic E-state index is 8.52. The fourth-order valence-electron chi connectivity index (χ4n) is 0. The Labute approximate surface area is 124 Å². The van der Waals surface area contributed by atoms with Crippen LogP contribution in [0.5, 0.6) is 0 Å². The molecule has 10 N–H and O–H groups in total. The van der Waals surface area contributed by atoms with Crippen LogP contribution in [0.4, 0.5) is 0 Å². The first-order valence-electron chi connectivity index (χ1n) is 3.12. The van der Waals surface area contributed by atoms with E-state index in [0.29, 0.717) is 13.1 Å². The van der Waals surface area contributed by atoms with Crippen molar-refractivity contribution in [3.05, 3.63) is 0 Å². The maximum absolute atomic E-state index is 8.52. The molecule has 0 aromatic carbocycles. The molecule has 0 aromatic rings. The topological polar surface area (TPSA) is 236 Å². The van der Waals surface area contributed by atoms with E-state index in [4.69, 9.17) is 39.2 Å². The minimum atomic E-state index is -5.17. The van der Waals surface area contributed by atoms with E-state index in [1.165, 1.54) is 0 Å². The monoisotopic (exact) mass is 294 g/mol. The number of hydrogen-bond donors (Lipinski definition) is 4. The third kappa shape index (κ3) is 344. The molecule has 0 heterocycles. The zero-order chi connectivity index (χ0) is 11.3. The summed E-state index contributed by atoms with van der Waals surface area (Å²) >= 11 is 0. The smallest absolute Gasteiger partial charge is 0.759 e. The van der Waals surface area contributed by atoms with Gasteiger partial charge in [0.15, 0.2) is 0 Å². The maximum Gasteiger partial charge on any atom is 2.00 e. The molecular formula is C4H18CaN2O8S. The van der Waals surface area contributed by atoms with Gasteiger partial charge in [-0.2, -0.15) is 0 Å². The third-order valence-corrected chi connectivity index (χ3v) is 0.258. The molecule has 0 aromatic heterocycles. The summed E-state index contributed by atoms with van der Waals surface area (Å²) in [6.07, 6.45) is 0. The van der Waals surface area contributed by atoms with E-state index in [0.717, 1.165) is 0 Å². The molecule has 0 aliphatic rings. The Kier molecular flexibility index (Phi) is 66.8. The van der Waals surface area contributed by atoms with Gasteiger partial charge in [0.05, 0.1) is 13.2 Å². The van der Waals surface area contributed by atoms with Crippen molar-refractivity contribution in [3.63, 3.8) is 0 Å². The molecule has 0 rings (SSSR count). The Morgan fingerprint density at radius 2 is 1.00 bits per heavy atom. The van der Waals surface area contributed by atoms with E-state index in [-0.39, 0.29) is 61.9 Å². The van der Waals surface area contributed by atoms with Crippen molar-refractivity contribution in [3.8, 4) is 0 Å². The first-order chi connectivity index (χ1) is 5.83. The molecule has 0 radical (unpaired) electrons. The molecule has 0 atom stereocenters. The van der Waals surface area contributed by atoms with Gasteiger partial charge in [0.1, 0.15) is 0 Å². The molecule has 0 spiro atoms. The minimum Gasteiger partial charge on any atom is -0.759 e. The van der Waals surface area contributed by atoms with Crippen molar-refractivity contribution in [2.24, 2.45) is 11.5 Å². The third-order valence-electron chi connectivity index (χ3n) is 0.258. The van der Waals surface area contributed by atoms with Crippen molar-refractivity contribution in [2.45, 2.75) is 0 Å². The van der Waals surface area contributed by atoms with Crippen LogP contribution in [0.1, 0.15) is 0 Å². The molecule has 10 nitrogen and oxygen atoms in total. The quantitative estimate of drug-likeness (QED) is 0.217. The van der Waals surface area contributed by atoms with Crippen LogP contribution in [-0.2, 0) is 10.4 Å². The fraction of sp³-hybridized carbons (Fsp3) is 1.00. The van der Waals surface area contributed by atoms with E-state index < -0.39 is 10.4 Å². The molecule has 0 unspecified atom stereocenters. The van der Waals surface area contributed by atoms with Gasteiger partial charge in [-0.15, -0.1) is 0 Å². The number of hydrogen-bond acceptors (Lipinski definition) is 8. The Hall–Kier alpha value is 0.890. The predicted octanol–water partition coefficient (Wildman–Crippen LogP) is -5.49. The van der Waals surface area contributed by atoms with E-state index in [9.17, 15) is 0 Å². The summed E-state index contributed by atoms with van der Waals surface area (Å²) in [6, 6.07) is 0. The summed E-state index contributed by atoms with van der Waals surface area (Å²) in [4.78, 5) is 0. The fourth-order valence-corrected chi connectivity index (χ4v) is 0. The summed E-state index contributed by atoms with van der Waals surface area (Å²) in [7, 11) is -5.17. The molecule has 0 aliphatic heterocycles. The van der Waals surface area contributed by atoms with Gasteiger partial charge in [-0.3, -0.25) is 8.42 Å². The van der Waals surface area contributed by atoms with Crippen molar-refractivity contribution in [1.82, 2.24) is 0 Å².